The summed E-state index contributed by atoms with van der Waals surface area (Å²) in [5.41, 5.74) is 1.86. The van der Waals surface area contributed by atoms with Crippen LogP contribution in [0.5, 0.6) is 0 Å². The lowest BCUT2D eigenvalue weighted by atomic mass is 9.96. The van der Waals surface area contributed by atoms with E-state index in [2.05, 4.69) is 5.10 Å². The van der Waals surface area contributed by atoms with E-state index < -0.39 is 43.0 Å². The number of aromatic nitrogens is 2. The van der Waals surface area contributed by atoms with Gasteiger partial charge in [0.15, 0.2) is 0 Å². The molecule has 1 aliphatic heterocycles. The third kappa shape index (κ3) is 3.42. The summed E-state index contributed by atoms with van der Waals surface area (Å²) in [6.07, 6.45) is -1.20. The number of nitrogens with zero attached hydrogens (tertiary/aromatic N) is 3. The van der Waals surface area contributed by atoms with Crippen molar-refractivity contribution < 1.29 is 27.9 Å². The van der Waals surface area contributed by atoms with E-state index >= 15 is 0 Å². The standard InChI is InChI=1S/C17H16F3N3O3/c1-10-6-21-23(7-10)12-4-2-11(3-5-12)15(24)22-8-13(16(25)26)14(9-22)17(18,19)20/h2-7,13-14H,8-9H2,1H3,(H,25,26)/t13-,14-/m1/s1. The average Bonchev–Trinajstić information content (AvgIpc) is 3.20. The zero-order valence-electron chi connectivity index (χ0n) is 13.8. The normalized spacial score (nSPS) is 20.4. The number of carboxylic acid groups (broad SMARTS) is 1. The van der Waals surface area contributed by atoms with Gasteiger partial charge >= 0.3 is 12.1 Å². The van der Waals surface area contributed by atoms with Gasteiger partial charge in [0.1, 0.15) is 0 Å². The number of amides is 1. The Morgan fingerprint density at radius 3 is 2.31 bits per heavy atom. The number of aryl methyl sites for hydroxylation is 1. The Bertz CT molecular complexity index is 830. The molecule has 26 heavy (non-hydrogen) atoms. The SMILES string of the molecule is Cc1cnn(-c2ccc(C(=O)N3C[C@@H](C(F)(F)F)[C@H](C(=O)O)C3)cc2)c1. The maximum Gasteiger partial charge on any atom is 0.394 e. The first kappa shape index (κ1) is 18.0. The van der Waals surface area contributed by atoms with E-state index in [0.29, 0.717) is 5.69 Å². The van der Waals surface area contributed by atoms with Crippen molar-refractivity contribution in [2.45, 2.75) is 13.1 Å². The summed E-state index contributed by atoms with van der Waals surface area (Å²) < 4.78 is 40.7. The number of halogens is 3. The molecule has 1 aliphatic rings. The number of carboxylic acids is 1. The highest BCUT2D eigenvalue weighted by atomic mass is 19.4. The van der Waals surface area contributed by atoms with Crippen LogP contribution in [0.3, 0.4) is 0 Å². The van der Waals surface area contributed by atoms with Crippen LogP contribution in [0.1, 0.15) is 15.9 Å². The molecule has 2 atom stereocenters. The largest absolute Gasteiger partial charge is 0.481 e. The van der Waals surface area contributed by atoms with E-state index in [-0.39, 0.29) is 5.56 Å². The molecule has 2 aromatic rings. The van der Waals surface area contributed by atoms with Crippen molar-refractivity contribution in [3.63, 3.8) is 0 Å². The van der Waals surface area contributed by atoms with E-state index in [4.69, 9.17) is 5.11 Å². The summed E-state index contributed by atoms with van der Waals surface area (Å²) in [7, 11) is 0. The van der Waals surface area contributed by atoms with Gasteiger partial charge in [-0.3, -0.25) is 9.59 Å². The van der Waals surface area contributed by atoms with Crippen LogP contribution in [-0.2, 0) is 4.79 Å². The van der Waals surface area contributed by atoms with Crippen molar-refractivity contribution >= 4 is 11.9 Å². The zero-order chi connectivity index (χ0) is 19.1. The molecule has 1 amide bonds. The summed E-state index contributed by atoms with van der Waals surface area (Å²) in [5.74, 6) is -5.88. The second-order valence-corrected chi connectivity index (χ2v) is 6.31. The lowest BCUT2D eigenvalue weighted by Crippen LogP contribution is -2.34. The monoisotopic (exact) mass is 367 g/mol. The van der Waals surface area contributed by atoms with Gasteiger partial charge in [0.25, 0.3) is 5.91 Å². The lowest BCUT2D eigenvalue weighted by molar-refractivity contribution is -0.187. The molecule has 0 bridgehead atoms. The molecular formula is C17H16F3N3O3. The summed E-state index contributed by atoms with van der Waals surface area (Å²) in [5, 5.41) is 13.2. The molecule has 138 valence electrons. The molecule has 0 spiro atoms. The van der Waals surface area contributed by atoms with Gasteiger partial charge in [0, 0.05) is 24.8 Å². The average molecular weight is 367 g/mol. The molecule has 1 aromatic heterocycles. The maximum atomic E-state index is 13.0. The molecule has 0 radical (unpaired) electrons. The van der Waals surface area contributed by atoms with Gasteiger partial charge in [-0.15, -0.1) is 0 Å². The maximum absolute atomic E-state index is 13.0. The summed E-state index contributed by atoms with van der Waals surface area (Å²) in [4.78, 5) is 24.6. The van der Waals surface area contributed by atoms with Crippen LogP contribution in [0, 0.1) is 18.8 Å². The van der Waals surface area contributed by atoms with E-state index in [1.54, 1.807) is 29.2 Å². The molecule has 0 saturated carbocycles. The molecular weight excluding hydrogens is 351 g/mol. The Morgan fingerprint density at radius 2 is 1.85 bits per heavy atom. The highest BCUT2D eigenvalue weighted by Gasteiger charge is 2.53. The van der Waals surface area contributed by atoms with Gasteiger partial charge in [-0.25, -0.2) is 4.68 Å². The van der Waals surface area contributed by atoms with Crippen LogP contribution >= 0.6 is 0 Å². The highest BCUT2D eigenvalue weighted by Crippen LogP contribution is 2.38. The molecule has 1 fully saturated rings. The quantitative estimate of drug-likeness (QED) is 0.905. The molecule has 1 N–H and O–H groups in total. The number of aliphatic carboxylic acids is 1. The van der Waals surface area contributed by atoms with Gasteiger partial charge in [-0.05, 0) is 36.8 Å². The van der Waals surface area contributed by atoms with Crippen molar-refractivity contribution in [1.29, 1.82) is 0 Å². The van der Waals surface area contributed by atoms with E-state index in [1.807, 2.05) is 6.92 Å². The van der Waals surface area contributed by atoms with Crippen molar-refractivity contribution in [2.24, 2.45) is 11.8 Å². The minimum absolute atomic E-state index is 0.199. The highest BCUT2D eigenvalue weighted by molar-refractivity contribution is 5.95. The molecule has 0 unspecified atom stereocenters. The number of rotatable bonds is 3. The van der Waals surface area contributed by atoms with E-state index in [0.717, 1.165) is 10.5 Å². The predicted molar refractivity (Wildman–Crippen MR) is 84.9 cm³/mol. The second kappa shape index (κ2) is 6.47. The Hall–Kier alpha value is -2.84. The molecule has 3 rings (SSSR count). The molecule has 0 aliphatic carbocycles. The van der Waals surface area contributed by atoms with Gasteiger partial charge < -0.3 is 10.0 Å². The van der Waals surface area contributed by atoms with Crippen molar-refractivity contribution in [2.75, 3.05) is 13.1 Å². The van der Waals surface area contributed by atoms with Crippen LogP contribution in [0.2, 0.25) is 0 Å². The fraction of sp³-hybridized carbons (Fsp3) is 0.353. The molecule has 2 heterocycles. The third-order valence-corrected chi connectivity index (χ3v) is 4.44. The first-order valence-corrected chi connectivity index (χ1v) is 7.87. The number of carbonyl (C=O) groups is 2. The number of hydrogen-bond acceptors (Lipinski definition) is 3. The number of alkyl halides is 3. The predicted octanol–water partition coefficient (Wildman–Crippen LogP) is 2.52. The van der Waals surface area contributed by atoms with Crippen LogP contribution < -0.4 is 0 Å². The molecule has 1 saturated heterocycles. The van der Waals surface area contributed by atoms with Gasteiger partial charge in [-0.1, -0.05) is 0 Å². The molecule has 6 nitrogen and oxygen atoms in total. The smallest absolute Gasteiger partial charge is 0.394 e. The van der Waals surface area contributed by atoms with Gasteiger partial charge in [0.2, 0.25) is 0 Å². The third-order valence-electron chi connectivity index (χ3n) is 4.44. The molecule has 9 heteroatoms. The van der Waals surface area contributed by atoms with Crippen molar-refractivity contribution in [1.82, 2.24) is 14.7 Å². The fourth-order valence-electron chi connectivity index (χ4n) is 3.04. The van der Waals surface area contributed by atoms with E-state index in [1.165, 1.54) is 12.1 Å². The number of likely N-dealkylation sites (tertiary alicyclic amines) is 1. The minimum Gasteiger partial charge on any atom is -0.481 e. The number of benzene rings is 1. The lowest BCUT2D eigenvalue weighted by Gasteiger charge is -2.18. The minimum atomic E-state index is -4.67. The molecule has 1 aromatic carbocycles. The van der Waals surface area contributed by atoms with Gasteiger partial charge in [-0.2, -0.15) is 18.3 Å². The Labute approximate surface area is 146 Å². The first-order chi connectivity index (χ1) is 12.2. The topological polar surface area (TPSA) is 75.4 Å². The van der Waals surface area contributed by atoms with Crippen LogP contribution in [0.25, 0.3) is 5.69 Å². The number of hydrogen-bond donors (Lipinski definition) is 1. The number of carbonyl (C=O) groups excluding carboxylic acids is 1. The second-order valence-electron chi connectivity index (χ2n) is 6.31. The van der Waals surface area contributed by atoms with Crippen LogP contribution in [0.4, 0.5) is 13.2 Å². The fourth-order valence-corrected chi connectivity index (χ4v) is 3.04. The van der Waals surface area contributed by atoms with E-state index in [9.17, 15) is 22.8 Å². The van der Waals surface area contributed by atoms with Crippen LogP contribution in [-0.4, -0.2) is 50.9 Å². The van der Waals surface area contributed by atoms with Crippen molar-refractivity contribution in [3.05, 3.63) is 47.8 Å². The van der Waals surface area contributed by atoms with Crippen LogP contribution in [0.15, 0.2) is 36.7 Å². The first-order valence-electron chi connectivity index (χ1n) is 7.87. The zero-order valence-corrected chi connectivity index (χ0v) is 13.8. The van der Waals surface area contributed by atoms with Gasteiger partial charge in [0.05, 0.1) is 23.7 Å². The summed E-state index contributed by atoms with van der Waals surface area (Å²) in [6.45, 7) is 0.766. The Balaban J connectivity index is 1.78. The Morgan fingerprint density at radius 1 is 1.19 bits per heavy atom. The summed E-state index contributed by atoms with van der Waals surface area (Å²) in [6, 6.07) is 6.24. The van der Waals surface area contributed by atoms with Crippen molar-refractivity contribution in [3.8, 4) is 5.69 Å². The Kier molecular flexibility index (Phi) is 4.47. The summed E-state index contributed by atoms with van der Waals surface area (Å²) >= 11 is 0.